The van der Waals surface area contributed by atoms with E-state index in [1.54, 1.807) is 6.92 Å². The van der Waals surface area contributed by atoms with Crippen LogP contribution in [0.5, 0.6) is 0 Å². The zero-order chi connectivity index (χ0) is 18.2. The van der Waals surface area contributed by atoms with Crippen LogP contribution >= 0.6 is 11.3 Å². The molecule has 0 saturated heterocycles. The van der Waals surface area contributed by atoms with Gasteiger partial charge in [-0.3, -0.25) is 9.59 Å². The van der Waals surface area contributed by atoms with Crippen LogP contribution in [0.2, 0.25) is 0 Å². The minimum Gasteiger partial charge on any atom is -0.452 e. The van der Waals surface area contributed by atoms with Crippen LogP contribution in [0, 0.1) is 6.92 Å². The molecule has 2 atom stereocenters. The number of hydrogen-bond donors (Lipinski definition) is 1. The zero-order valence-corrected chi connectivity index (χ0v) is 15.6. The highest BCUT2D eigenvalue weighted by molar-refractivity contribution is 7.09. The standard InChI is InChI=1S/C19H24N2O3S/c1-4-8-17(15-9-6-5-7-10-15)21-19(23)13(2)24-18(22)11-16-12-25-14(3)20-16/h5-7,9-10,12-13,17H,4,8,11H2,1-3H3,(H,21,23). The molecule has 1 aromatic carbocycles. The van der Waals surface area contributed by atoms with Gasteiger partial charge < -0.3 is 10.1 Å². The molecule has 1 N–H and O–H groups in total. The second kappa shape index (κ2) is 9.32. The number of carbonyl (C=O) groups is 2. The normalized spacial score (nSPS) is 13.1. The maximum Gasteiger partial charge on any atom is 0.312 e. The van der Waals surface area contributed by atoms with Crippen molar-refractivity contribution in [2.75, 3.05) is 0 Å². The van der Waals surface area contributed by atoms with Gasteiger partial charge in [0.05, 0.1) is 23.2 Å². The molecule has 0 radical (unpaired) electrons. The van der Waals surface area contributed by atoms with Crippen molar-refractivity contribution in [2.45, 2.75) is 52.2 Å². The summed E-state index contributed by atoms with van der Waals surface area (Å²) in [5.74, 6) is -0.732. The summed E-state index contributed by atoms with van der Waals surface area (Å²) >= 11 is 1.48. The Bertz CT molecular complexity index is 700. The molecule has 6 heteroatoms. The minimum atomic E-state index is -0.838. The van der Waals surface area contributed by atoms with Crippen molar-refractivity contribution < 1.29 is 14.3 Å². The molecule has 1 heterocycles. The third-order valence-electron chi connectivity index (χ3n) is 3.77. The SMILES string of the molecule is CCCC(NC(=O)C(C)OC(=O)Cc1csc(C)n1)c1ccccc1. The summed E-state index contributed by atoms with van der Waals surface area (Å²) in [5.41, 5.74) is 1.72. The predicted molar refractivity (Wildman–Crippen MR) is 98.3 cm³/mol. The van der Waals surface area contributed by atoms with Crippen LogP contribution in [0.3, 0.4) is 0 Å². The van der Waals surface area contributed by atoms with Crippen molar-refractivity contribution >= 4 is 23.2 Å². The number of esters is 1. The number of aryl methyl sites for hydroxylation is 1. The van der Waals surface area contributed by atoms with E-state index in [0.717, 1.165) is 23.4 Å². The van der Waals surface area contributed by atoms with Gasteiger partial charge in [0.2, 0.25) is 0 Å². The van der Waals surface area contributed by atoms with Gasteiger partial charge in [-0.2, -0.15) is 0 Å². The Morgan fingerprint density at radius 1 is 1.28 bits per heavy atom. The Morgan fingerprint density at radius 3 is 2.60 bits per heavy atom. The predicted octanol–water partition coefficient (Wildman–Crippen LogP) is 3.58. The molecule has 0 saturated carbocycles. The van der Waals surface area contributed by atoms with Crippen molar-refractivity contribution in [3.05, 3.63) is 52.0 Å². The van der Waals surface area contributed by atoms with E-state index in [9.17, 15) is 9.59 Å². The smallest absolute Gasteiger partial charge is 0.312 e. The van der Waals surface area contributed by atoms with Crippen LogP contribution in [0.15, 0.2) is 35.7 Å². The van der Waals surface area contributed by atoms with Crippen LogP contribution < -0.4 is 5.32 Å². The lowest BCUT2D eigenvalue weighted by Crippen LogP contribution is -2.38. The fraction of sp³-hybridized carbons (Fsp3) is 0.421. The van der Waals surface area contributed by atoms with Gasteiger partial charge >= 0.3 is 5.97 Å². The molecule has 0 fully saturated rings. The maximum atomic E-state index is 12.4. The number of ether oxygens (including phenoxy) is 1. The zero-order valence-electron chi connectivity index (χ0n) is 14.8. The first-order chi connectivity index (χ1) is 12.0. The molecule has 134 valence electrons. The summed E-state index contributed by atoms with van der Waals surface area (Å²) in [6, 6.07) is 9.73. The van der Waals surface area contributed by atoms with E-state index >= 15 is 0 Å². The van der Waals surface area contributed by atoms with Gasteiger partial charge in [-0.25, -0.2) is 4.98 Å². The summed E-state index contributed by atoms with van der Waals surface area (Å²) in [6.07, 6.45) is 1.01. The Labute approximate surface area is 152 Å². The van der Waals surface area contributed by atoms with Gasteiger partial charge in [0.25, 0.3) is 5.91 Å². The third-order valence-corrected chi connectivity index (χ3v) is 4.59. The van der Waals surface area contributed by atoms with Crippen LogP contribution in [0.25, 0.3) is 0 Å². The second-order valence-electron chi connectivity index (χ2n) is 5.93. The van der Waals surface area contributed by atoms with Crippen molar-refractivity contribution in [1.82, 2.24) is 10.3 Å². The molecule has 0 aliphatic rings. The van der Waals surface area contributed by atoms with Gasteiger partial charge in [-0.1, -0.05) is 43.7 Å². The topological polar surface area (TPSA) is 68.3 Å². The first-order valence-electron chi connectivity index (χ1n) is 8.45. The number of nitrogens with zero attached hydrogens (tertiary/aromatic N) is 1. The van der Waals surface area contributed by atoms with Crippen LogP contribution in [0.1, 0.15) is 49.0 Å². The summed E-state index contributed by atoms with van der Waals surface area (Å²) < 4.78 is 5.25. The quantitative estimate of drug-likeness (QED) is 0.731. The van der Waals surface area contributed by atoms with Crippen molar-refractivity contribution in [3.8, 4) is 0 Å². The van der Waals surface area contributed by atoms with Gasteiger partial charge in [0.15, 0.2) is 6.10 Å². The number of aromatic nitrogens is 1. The number of benzene rings is 1. The maximum absolute atomic E-state index is 12.4. The van der Waals surface area contributed by atoms with Crippen LogP contribution in [0.4, 0.5) is 0 Å². The number of thiazole rings is 1. The van der Waals surface area contributed by atoms with E-state index in [4.69, 9.17) is 4.74 Å². The van der Waals surface area contributed by atoms with E-state index < -0.39 is 12.1 Å². The van der Waals surface area contributed by atoms with Crippen LogP contribution in [-0.2, 0) is 20.7 Å². The molecule has 0 aliphatic heterocycles. The Kier molecular flexibility index (Phi) is 7.13. The molecule has 5 nitrogen and oxygen atoms in total. The number of rotatable bonds is 8. The average molecular weight is 360 g/mol. The van der Waals surface area contributed by atoms with E-state index in [1.807, 2.05) is 42.6 Å². The van der Waals surface area contributed by atoms with Crippen molar-refractivity contribution in [1.29, 1.82) is 0 Å². The van der Waals surface area contributed by atoms with Gasteiger partial charge in [-0.15, -0.1) is 11.3 Å². The van der Waals surface area contributed by atoms with E-state index in [2.05, 4.69) is 17.2 Å². The highest BCUT2D eigenvalue weighted by atomic mass is 32.1. The summed E-state index contributed by atoms with van der Waals surface area (Å²) in [6.45, 7) is 5.54. The Hall–Kier alpha value is -2.21. The lowest BCUT2D eigenvalue weighted by atomic mass is 10.0. The van der Waals surface area contributed by atoms with Gasteiger partial charge in [0.1, 0.15) is 0 Å². The number of nitrogens with one attached hydrogen (secondary N) is 1. The second-order valence-corrected chi connectivity index (χ2v) is 6.99. The average Bonchev–Trinajstić information content (AvgIpc) is 2.99. The number of amides is 1. The number of carbonyl (C=O) groups excluding carboxylic acids is 2. The first-order valence-corrected chi connectivity index (χ1v) is 9.33. The molecule has 2 unspecified atom stereocenters. The molecule has 1 aromatic heterocycles. The first kappa shape index (κ1) is 19.1. The molecule has 0 spiro atoms. The van der Waals surface area contributed by atoms with Gasteiger partial charge in [-0.05, 0) is 25.8 Å². The highest BCUT2D eigenvalue weighted by Crippen LogP contribution is 2.18. The van der Waals surface area contributed by atoms with Crippen molar-refractivity contribution in [3.63, 3.8) is 0 Å². The van der Waals surface area contributed by atoms with Gasteiger partial charge in [0, 0.05) is 5.38 Å². The van der Waals surface area contributed by atoms with E-state index in [1.165, 1.54) is 11.3 Å². The molecular formula is C19H24N2O3S. The molecule has 2 rings (SSSR count). The minimum absolute atomic E-state index is 0.0824. The lowest BCUT2D eigenvalue weighted by molar-refractivity contribution is -0.154. The van der Waals surface area contributed by atoms with Crippen molar-refractivity contribution in [2.24, 2.45) is 0 Å². The third kappa shape index (κ3) is 5.98. The Balaban J connectivity index is 1.90. The van der Waals surface area contributed by atoms with E-state index in [0.29, 0.717) is 5.69 Å². The summed E-state index contributed by atoms with van der Waals surface area (Å²) in [7, 11) is 0. The fourth-order valence-electron chi connectivity index (χ4n) is 2.51. The fourth-order valence-corrected chi connectivity index (χ4v) is 3.13. The molecule has 2 aromatic rings. The molecule has 1 amide bonds. The Morgan fingerprint density at radius 2 is 2.00 bits per heavy atom. The number of hydrogen-bond acceptors (Lipinski definition) is 5. The summed E-state index contributed by atoms with van der Waals surface area (Å²) in [5, 5.41) is 5.71. The lowest BCUT2D eigenvalue weighted by Gasteiger charge is -2.21. The monoisotopic (exact) mass is 360 g/mol. The molecule has 0 aliphatic carbocycles. The molecule has 0 bridgehead atoms. The van der Waals surface area contributed by atoms with Crippen LogP contribution in [-0.4, -0.2) is 23.0 Å². The van der Waals surface area contributed by atoms with E-state index in [-0.39, 0.29) is 18.4 Å². The molecule has 25 heavy (non-hydrogen) atoms. The summed E-state index contributed by atoms with van der Waals surface area (Å²) in [4.78, 5) is 28.6. The molecular weight excluding hydrogens is 336 g/mol. The highest BCUT2D eigenvalue weighted by Gasteiger charge is 2.22. The largest absolute Gasteiger partial charge is 0.452 e.